The standard InChI is InChI=1S/C17H28N2S/c1-13(2)11-19(10-9-17(18)20)12-15-5-7-16(8-6-15)14(3)4/h5-8,13-14H,9-12H2,1-4H3,(H2,18,20). The Hall–Kier alpha value is -0.930. The zero-order chi connectivity index (χ0) is 15.1. The molecule has 0 aromatic heterocycles. The molecule has 0 aliphatic carbocycles. The molecule has 0 heterocycles. The van der Waals surface area contributed by atoms with Gasteiger partial charge in [-0.1, -0.05) is 64.2 Å². The van der Waals surface area contributed by atoms with Crippen LogP contribution in [0.15, 0.2) is 24.3 Å². The highest BCUT2D eigenvalue weighted by Crippen LogP contribution is 2.16. The SMILES string of the molecule is CC(C)CN(CCC(N)=S)Cc1ccc(C(C)C)cc1. The number of hydrogen-bond donors (Lipinski definition) is 1. The molecule has 2 N–H and O–H groups in total. The van der Waals surface area contributed by atoms with Crippen molar-refractivity contribution in [2.75, 3.05) is 13.1 Å². The highest BCUT2D eigenvalue weighted by Gasteiger charge is 2.09. The maximum absolute atomic E-state index is 5.62. The molecule has 2 nitrogen and oxygen atoms in total. The first-order valence-corrected chi connectivity index (χ1v) is 7.88. The topological polar surface area (TPSA) is 29.3 Å². The van der Waals surface area contributed by atoms with Crippen LogP contribution in [0, 0.1) is 5.92 Å². The van der Waals surface area contributed by atoms with Crippen LogP contribution < -0.4 is 5.73 Å². The van der Waals surface area contributed by atoms with Gasteiger partial charge in [0.15, 0.2) is 0 Å². The molecule has 0 bridgehead atoms. The average molecular weight is 292 g/mol. The van der Waals surface area contributed by atoms with E-state index in [9.17, 15) is 0 Å². The first-order chi connectivity index (χ1) is 9.38. The summed E-state index contributed by atoms with van der Waals surface area (Å²) >= 11 is 4.99. The van der Waals surface area contributed by atoms with Gasteiger partial charge in [-0.2, -0.15) is 0 Å². The van der Waals surface area contributed by atoms with Gasteiger partial charge >= 0.3 is 0 Å². The normalized spacial score (nSPS) is 11.6. The van der Waals surface area contributed by atoms with Gasteiger partial charge in [0.05, 0.1) is 4.99 Å². The van der Waals surface area contributed by atoms with E-state index in [0.717, 1.165) is 26.1 Å². The Labute approximate surface area is 129 Å². The molecule has 20 heavy (non-hydrogen) atoms. The van der Waals surface area contributed by atoms with Gasteiger partial charge in [0.2, 0.25) is 0 Å². The molecule has 0 spiro atoms. The number of thiocarbonyl (C=S) groups is 1. The van der Waals surface area contributed by atoms with Crippen LogP contribution in [0.3, 0.4) is 0 Å². The Bertz CT molecular complexity index is 410. The minimum Gasteiger partial charge on any atom is -0.393 e. The van der Waals surface area contributed by atoms with Crippen LogP contribution in [0.5, 0.6) is 0 Å². The predicted octanol–water partition coefficient (Wildman–Crippen LogP) is 3.94. The zero-order valence-corrected chi connectivity index (χ0v) is 14.0. The van der Waals surface area contributed by atoms with E-state index >= 15 is 0 Å². The van der Waals surface area contributed by atoms with Gasteiger partial charge < -0.3 is 5.73 Å². The van der Waals surface area contributed by atoms with Crippen molar-refractivity contribution in [1.82, 2.24) is 4.90 Å². The van der Waals surface area contributed by atoms with Crippen molar-refractivity contribution in [3.8, 4) is 0 Å². The minimum atomic E-state index is 0.588. The molecule has 0 aliphatic rings. The van der Waals surface area contributed by atoms with Crippen LogP contribution >= 0.6 is 12.2 Å². The summed E-state index contributed by atoms with van der Waals surface area (Å²) in [4.78, 5) is 3.04. The Kier molecular flexibility index (Phi) is 7.17. The lowest BCUT2D eigenvalue weighted by Gasteiger charge is -2.24. The molecule has 0 unspecified atom stereocenters. The Morgan fingerprint density at radius 3 is 2.20 bits per heavy atom. The van der Waals surface area contributed by atoms with Crippen molar-refractivity contribution < 1.29 is 0 Å². The second kappa shape index (κ2) is 8.38. The Balaban J connectivity index is 2.65. The van der Waals surface area contributed by atoms with Crippen molar-refractivity contribution in [1.29, 1.82) is 0 Å². The van der Waals surface area contributed by atoms with Gasteiger partial charge in [0.25, 0.3) is 0 Å². The maximum Gasteiger partial charge on any atom is 0.0740 e. The quantitative estimate of drug-likeness (QED) is 0.736. The number of rotatable bonds is 8. The van der Waals surface area contributed by atoms with Crippen molar-refractivity contribution >= 4 is 17.2 Å². The lowest BCUT2D eigenvalue weighted by atomic mass is 10.0. The van der Waals surface area contributed by atoms with Gasteiger partial charge in [-0.25, -0.2) is 0 Å². The fourth-order valence-corrected chi connectivity index (χ4v) is 2.38. The van der Waals surface area contributed by atoms with E-state index < -0.39 is 0 Å². The van der Waals surface area contributed by atoms with Crippen molar-refractivity contribution in [3.63, 3.8) is 0 Å². The van der Waals surface area contributed by atoms with Crippen LogP contribution in [-0.4, -0.2) is 23.0 Å². The smallest absolute Gasteiger partial charge is 0.0740 e. The predicted molar refractivity (Wildman–Crippen MR) is 92.0 cm³/mol. The molecule has 1 aromatic carbocycles. The van der Waals surface area contributed by atoms with E-state index in [0.29, 0.717) is 16.8 Å². The summed E-state index contributed by atoms with van der Waals surface area (Å²) in [5.41, 5.74) is 8.38. The van der Waals surface area contributed by atoms with Crippen molar-refractivity contribution in [3.05, 3.63) is 35.4 Å². The zero-order valence-electron chi connectivity index (χ0n) is 13.2. The molecule has 0 fully saturated rings. The number of nitrogens with two attached hydrogens (primary N) is 1. The summed E-state index contributed by atoms with van der Waals surface area (Å²) in [5, 5.41) is 0. The second-order valence-corrected chi connectivity index (χ2v) is 6.77. The summed E-state index contributed by atoms with van der Waals surface area (Å²) in [5.74, 6) is 1.24. The third kappa shape index (κ3) is 6.49. The fraction of sp³-hybridized carbons (Fsp3) is 0.588. The highest BCUT2D eigenvalue weighted by atomic mass is 32.1. The average Bonchev–Trinajstić information content (AvgIpc) is 2.36. The molecule has 0 aliphatic heterocycles. The van der Waals surface area contributed by atoms with E-state index in [2.05, 4.69) is 56.9 Å². The van der Waals surface area contributed by atoms with Gasteiger partial charge in [-0.05, 0) is 23.0 Å². The van der Waals surface area contributed by atoms with Crippen LogP contribution in [0.25, 0.3) is 0 Å². The Morgan fingerprint density at radius 2 is 1.75 bits per heavy atom. The molecule has 3 heteroatoms. The third-order valence-corrected chi connectivity index (χ3v) is 3.55. The third-order valence-electron chi connectivity index (χ3n) is 3.35. The number of hydrogen-bond acceptors (Lipinski definition) is 2. The molecular formula is C17H28N2S. The Morgan fingerprint density at radius 1 is 1.15 bits per heavy atom. The fourth-order valence-electron chi connectivity index (χ4n) is 2.29. The van der Waals surface area contributed by atoms with E-state index in [1.54, 1.807) is 0 Å². The molecule has 1 aromatic rings. The summed E-state index contributed by atoms with van der Waals surface area (Å²) < 4.78 is 0. The van der Waals surface area contributed by atoms with Crippen LogP contribution in [0.2, 0.25) is 0 Å². The number of nitrogens with zero attached hydrogens (tertiary/aromatic N) is 1. The monoisotopic (exact) mass is 292 g/mol. The van der Waals surface area contributed by atoms with E-state index in [1.807, 2.05) is 0 Å². The first-order valence-electron chi connectivity index (χ1n) is 7.48. The number of benzene rings is 1. The molecule has 0 atom stereocenters. The lowest BCUT2D eigenvalue weighted by Crippen LogP contribution is -2.30. The summed E-state index contributed by atoms with van der Waals surface area (Å²) in [7, 11) is 0. The van der Waals surface area contributed by atoms with Gasteiger partial charge in [-0.15, -0.1) is 0 Å². The maximum atomic E-state index is 5.62. The second-order valence-electron chi connectivity index (χ2n) is 6.24. The molecule has 1 rings (SSSR count). The summed E-state index contributed by atoms with van der Waals surface area (Å²) in [6.07, 6.45) is 0.798. The van der Waals surface area contributed by atoms with E-state index in [-0.39, 0.29) is 0 Å². The van der Waals surface area contributed by atoms with Gasteiger partial charge in [-0.3, -0.25) is 4.90 Å². The molecule has 0 radical (unpaired) electrons. The molecular weight excluding hydrogens is 264 g/mol. The van der Waals surface area contributed by atoms with Gasteiger partial charge in [0.1, 0.15) is 0 Å². The van der Waals surface area contributed by atoms with Crippen LogP contribution in [0.4, 0.5) is 0 Å². The first kappa shape index (κ1) is 17.1. The minimum absolute atomic E-state index is 0.588. The molecule has 0 saturated carbocycles. The molecule has 0 amide bonds. The van der Waals surface area contributed by atoms with Gasteiger partial charge in [0, 0.05) is 26.1 Å². The molecule has 112 valence electrons. The van der Waals surface area contributed by atoms with E-state index in [1.165, 1.54) is 11.1 Å². The van der Waals surface area contributed by atoms with Crippen molar-refractivity contribution in [2.45, 2.75) is 46.6 Å². The van der Waals surface area contributed by atoms with Crippen LogP contribution in [-0.2, 0) is 6.54 Å². The summed E-state index contributed by atoms with van der Waals surface area (Å²) in [6, 6.07) is 8.95. The highest BCUT2D eigenvalue weighted by molar-refractivity contribution is 7.80. The lowest BCUT2D eigenvalue weighted by molar-refractivity contribution is 0.243. The summed E-state index contributed by atoms with van der Waals surface area (Å²) in [6.45, 7) is 11.9. The van der Waals surface area contributed by atoms with Crippen LogP contribution in [0.1, 0.15) is 51.2 Å². The largest absolute Gasteiger partial charge is 0.393 e. The van der Waals surface area contributed by atoms with E-state index in [4.69, 9.17) is 18.0 Å². The molecule has 0 saturated heterocycles. The van der Waals surface area contributed by atoms with Crippen molar-refractivity contribution in [2.24, 2.45) is 11.7 Å².